The summed E-state index contributed by atoms with van der Waals surface area (Å²) in [4.78, 5) is 0. The molecule has 3 rings (SSSR count). The first-order valence-electron chi connectivity index (χ1n) is 9.24. The van der Waals surface area contributed by atoms with Crippen LogP contribution < -0.4 is 14.8 Å². The number of aliphatic hydroxyl groups is 1. The van der Waals surface area contributed by atoms with Crippen LogP contribution in [0.25, 0.3) is 0 Å². The van der Waals surface area contributed by atoms with Gasteiger partial charge in [0, 0.05) is 18.1 Å². The highest BCUT2D eigenvalue weighted by molar-refractivity contribution is 9.10. The Morgan fingerprint density at radius 3 is 2.55 bits per heavy atom. The van der Waals surface area contributed by atoms with Crippen LogP contribution in [0.4, 0.5) is 0 Å². The van der Waals surface area contributed by atoms with Gasteiger partial charge in [-0.2, -0.15) is 0 Å². The molecule has 3 aromatic carbocycles. The van der Waals surface area contributed by atoms with Gasteiger partial charge in [-0.15, -0.1) is 0 Å². The number of aliphatic hydroxyl groups excluding tert-OH is 1. The lowest BCUT2D eigenvalue weighted by atomic mass is 10.1. The Hall–Kier alpha value is -2.05. The summed E-state index contributed by atoms with van der Waals surface area (Å²) in [6, 6.07) is 21.1. The minimum atomic E-state index is -0.554. The molecule has 0 aromatic heterocycles. The number of methoxy groups -OCH3 is 1. The van der Waals surface area contributed by atoms with Crippen LogP contribution in [-0.4, -0.2) is 18.8 Å². The van der Waals surface area contributed by atoms with Crippen LogP contribution in [0.2, 0.25) is 5.02 Å². The summed E-state index contributed by atoms with van der Waals surface area (Å²) >= 11 is 9.61. The van der Waals surface area contributed by atoms with Crippen LogP contribution in [-0.2, 0) is 13.2 Å². The van der Waals surface area contributed by atoms with Crippen LogP contribution in [0.15, 0.2) is 71.2 Å². The Morgan fingerprint density at radius 2 is 1.83 bits per heavy atom. The molecule has 0 amide bonds. The maximum atomic E-state index is 10.3. The predicted molar refractivity (Wildman–Crippen MR) is 120 cm³/mol. The maximum absolute atomic E-state index is 10.3. The minimum Gasteiger partial charge on any atom is -0.493 e. The monoisotopic (exact) mass is 475 g/mol. The summed E-state index contributed by atoms with van der Waals surface area (Å²) in [6.45, 7) is 1.43. The van der Waals surface area contributed by atoms with Gasteiger partial charge in [-0.05, 0) is 56.9 Å². The first-order chi connectivity index (χ1) is 14.1. The van der Waals surface area contributed by atoms with Crippen LogP contribution >= 0.6 is 27.5 Å². The molecule has 0 aliphatic heterocycles. The number of nitrogens with one attached hydrogen (secondary N) is 1. The van der Waals surface area contributed by atoms with Gasteiger partial charge in [-0.1, -0.05) is 54.1 Å². The molecule has 0 bridgehead atoms. The molecular weight excluding hydrogens is 454 g/mol. The number of ether oxygens (including phenoxy) is 2. The van der Waals surface area contributed by atoms with Gasteiger partial charge < -0.3 is 19.9 Å². The molecule has 0 fully saturated rings. The number of benzene rings is 3. The molecule has 29 heavy (non-hydrogen) atoms. The first-order valence-corrected chi connectivity index (χ1v) is 10.4. The van der Waals surface area contributed by atoms with E-state index >= 15 is 0 Å². The molecule has 152 valence electrons. The molecule has 2 N–H and O–H groups in total. The van der Waals surface area contributed by atoms with Crippen molar-refractivity contribution in [3.63, 3.8) is 0 Å². The second-order valence-corrected chi connectivity index (χ2v) is 7.88. The van der Waals surface area contributed by atoms with E-state index in [0.29, 0.717) is 36.2 Å². The lowest BCUT2D eigenvalue weighted by Gasteiger charge is -2.16. The quantitative estimate of drug-likeness (QED) is 0.427. The molecule has 1 unspecified atom stereocenters. The Kier molecular flexibility index (Phi) is 7.95. The Bertz CT molecular complexity index is 937. The van der Waals surface area contributed by atoms with Gasteiger partial charge in [0.25, 0.3) is 0 Å². The van der Waals surface area contributed by atoms with Crippen molar-refractivity contribution in [2.24, 2.45) is 0 Å². The lowest BCUT2D eigenvalue weighted by molar-refractivity contribution is 0.174. The highest BCUT2D eigenvalue weighted by atomic mass is 79.9. The number of hydrogen-bond donors (Lipinski definition) is 2. The fourth-order valence-corrected chi connectivity index (χ4v) is 3.76. The third-order valence-electron chi connectivity index (χ3n) is 4.41. The molecule has 0 aliphatic rings. The van der Waals surface area contributed by atoms with Gasteiger partial charge in [0.05, 0.1) is 17.7 Å². The van der Waals surface area contributed by atoms with E-state index in [9.17, 15) is 5.11 Å². The fraction of sp³-hybridized carbons (Fsp3) is 0.217. The van der Waals surface area contributed by atoms with E-state index in [-0.39, 0.29) is 0 Å². The maximum Gasteiger partial charge on any atom is 0.175 e. The zero-order chi connectivity index (χ0) is 20.6. The highest BCUT2D eigenvalue weighted by Crippen LogP contribution is 2.37. The van der Waals surface area contributed by atoms with Crippen LogP contribution in [0.5, 0.6) is 11.5 Å². The third kappa shape index (κ3) is 6.21. The van der Waals surface area contributed by atoms with Crippen LogP contribution in [0.1, 0.15) is 22.8 Å². The highest BCUT2D eigenvalue weighted by Gasteiger charge is 2.13. The van der Waals surface area contributed by atoms with Crippen molar-refractivity contribution in [3.05, 3.63) is 92.9 Å². The van der Waals surface area contributed by atoms with Gasteiger partial charge in [-0.3, -0.25) is 0 Å². The Balaban J connectivity index is 1.61. The minimum absolute atomic E-state index is 0.385. The summed E-state index contributed by atoms with van der Waals surface area (Å²) in [7, 11) is 1.62. The molecule has 6 heteroatoms. The average molecular weight is 477 g/mol. The fourth-order valence-electron chi connectivity index (χ4n) is 2.94. The van der Waals surface area contributed by atoms with Gasteiger partial charge in [0.1, 0.15) is 6.61 Å². The molecule has 0 radical (unpaired) electrons. The molecule has 0 saturated heterocycles. The second-order valence-electron chi connectivity index (χ2n) is 6.59. The summed E-state index contributed by atoms with van der Waals surface area (Å²) in [5.41, 5.74) is 2.89. The molecule has 1 atom stereocenters. The predicted octanol–water partition coefficient (Wildman–Crippen LogP) is 5.51. The third-order valence-corrected chi connectivity index (χ3v) is 5.24. The van der Waals surface area contributed by atoms with Crippen LogP contribution in [0.3, 0.4) is 0 Å². The molecular formula is C23H23BrClNO3. The van der Waals surface area contributed by atoms with Crippen LogP contribution in [0, 0.1) is 0 Å². The van der Waals surface area contributed by atoms with E-state index in [2.05, 4.69) is 21.2 Å². The van der Waals surface area contributed by atoms with Crippen molar-refractivity contribution in [1.82, 2.24) is 5.32 Å². The number of rotatable bonds is 9. The smallest absolute Gasteiger partial charge is 0.175 e. The van der Waals surface area contributed by atoms with E-state index in [1.165, 1.54) is 0 Å². The van der Waals surface area contributed by atoms with E-state index in [4.69, 9.17) is 21.1 Å². The van der Waals surface area contributed by atoms with Crippen molar-refractivity contribution in [2.45, 2.75) is 19.3 Å². The summed E-state index contributed by atoms with van der Waals surface area (Å²) < 4.78 is 12.3. The Morgan fingerprint density at radius 1 is 1.03 bits per heavy atom. The summed E-state index contributed by atoms with van der Waals surface area (Å²) in [6.07, 6.45) is -0.554. The zero-order valence-corrected chi connectivity index (χ0v) is 18.4. The van der Waals surface area contributed by atoms with Crippen molar-refractivity contribution in [3.8, 4) is 11.5 Å². The van der Waals surface area contributed by atoms with E-state index in [1.54, 1.807) is 7.11 Å². The van der Waals surface area contributed by atoms with Gasteiger partial charge in [-0.25, -0.2) is 0 Å². The summed E-state index contributed by atoms with van der Waals surface area (Å²) in [5, 5.41) is 14.2. The molecule has 3 aromatic rings. The zero-order valence-electron chi connectivity index (χ0n) is 16.1. The molecule has 0 heterocycles. The normalized spacial score (nSPS) is 11.9. The second kappa shape index (κ2) is 10.6. The number of halogens is 2. The van der Waals surface area contributed by atoms with Crippen molar-refractivity contribution in [2.75, 3.05) is 13.7 Å². The van der Waals surface area contributed by atoms with Crippen molar-refractivity contribution >= 4 is 27.5 Å². The molecule has 0 aliphatic carbocycles. The van der Waals surface area contributed by atoms with Gasteiger partial charge in [0.2, 0.25) is 0 Å². The van der Waals surface area contributed by atoms with E-state index < -0.39 is 6.10 Å². The summed E-state index contributed by atoms with van der Waals surface area (Å²) in [5.74, 6) is 1.28. The van der Waals surface area contributed by atoms with Crippen molar-refractivity contribution in [1.29, 1.82) is 0 Å². The standard InChI is InChI=1S/C23H23BrClNO3/c1-28-22-12-17(13-26-14-21(27)18-7-3-2-4-8-18)11-20(24)23(22)29-15-16-6-5-9-19(25)10-16/h2-12,21,26-27H,13-15H2,1H3. The van der Waals surface area contributed by atoms with E-state index in [0.717, 1.165) is 21.2 Å². The van der Waals surface area contributed by atoms with E-state index in [1.807, 2.05) is 66.7 Å². The largest absolute Gasteiger partial charge is 0.493 e. The SMILES string of the molecule is COc1cc(CNCC(O)c2ccccc2)cc(Br)c1OCc1cccc(Cl)c1. The number of hydrogen-bond acceptors (Lipinski definition) is 4. The topological polar surface area (TPSA) is 50.7 Å². The Labute approximate surface area is 184 Å². The first kappa shape index (κ1) is 21.7. The molecule has 0 saturated carbocycles. The lowest BCUT2D eigenvalue weighted by Crippen LogP contribution is -2.21. The van der Waals surface area contributed by atoms with Gasteiger partial charge in [0.15, 0.2) is 11.5 Å². The average Bonchev–Trinajstić information content (AvgIpc) is 2.73. The van der Waals surface area contributed by atoms with Crippen molar-refractivity contribution < 1.29 is 14.6 Å². The molecule has 0 spiro atoms. The molecule has 4 nitrogen and oxygen atoms in total. The van der Waals surface area contributed by atoms with Gasteiger partial charge >= 0.3 is 0 Å².